The van der Waals surface area contributed by atoms with E-state index in [9.17, 15) is 5.11 Å². The summed E-state index contributed by atoms with van der Waals surface area (Å²) in [5, 5.41) is 11.0. The number of aliphatic hydroxyl groups excluding tert-OH is 1. The van der Waals surface area contributed by atoms with Gasteiger partial charge in [0.15, 0.2) is 0 Å². The Kier molecular flexibility index (Phi) is 8.71. The average molecular weight is 454 g/mol. The number of ether oxygens (including phenoxy) is 2. The number of methoxy groups -OCH3 is 2. The Labute approximate surface area is 174 Å². The summed E-state index contributed by atoms with van der Waals surface area (Å²) in [5.74, 6) is 0.901. The summed E-state index contributed by atoms with van der Waals surface area (Å²) in [5.41, 5.74) is 3.60. The van der Waals surface area contributed by atoms with E-state index in [0.29, 0.717) is 5.25 Å². The number of benzene rings is 2. The van der Waals surface area contributed by atoms with E-state index in [0.717, 1.165) is 11.3 Å². The van der Waals surface area contributed by atoms with Gasteiger partial charge in [0.1, 0.15) is 0 Å². The Morgan fingerprint density at radius 2 is 1.70 bits per heavy atom. The molecule has 2 aromatic rings. The molecule has 4 atom stereocenters. The molecule has 0 aliphatic carbocycles. The van der Waals surface area contributed by atoms with Crippen molar-refractivity contribution in [3.8, 4) is 5.75 Å². The van der Waals surface area contributed by atoms with Gasteiger partial charge in [-0.15, -0.1) is 0 Å². The Bertz CT molecular complexity index is 718. The van der Waals surface area contributed by atoms with Crippen LogP contribution < -0.4 is 9.20 Å². The van der Waals surface area contributed by atoms with E-state index in [2.05, 4.69) is 50.4 Å². The molecule has 0 saturated heterocycles. The first-order valence-electron chi connectivity index (χ1n) is 9.06. The molecular formula is C22H30O3SSe. The van der Waals surface area contributed by atoms with E-state index in [4.69, 9.17) is 9.47 Å². The molecule has 0 heterocycles. The summed E-state index contributed by atoms with van der Waals surface area (Å²) in [6.07, 6.45) is 1.48. The fourth-order valence-corrected chi connectivity index (χ4v) is 6.82. The second-order valence-corrected chi connectivity index (χ2v) is 10.3. The number of hydrogen-bond donors (Lipinski definition) is 1. The van der Waals surface area contributed by atoms with Crippen LogP contribution in [-0.4, -0.2) is 46.6 Å². The summed E-state index contributed by atoms with van der Waals surface area (Å²) in [7, 11) is 3.44. The van der Waals surface area contributed by atoms with Gasteiger partial charge in [-0.2, -0.15) is 0 Å². The van der Waals surface area contributed by atoms with Gasteiger partial charge in [0.2, 0.25) is 0 Å². The molecule has 1 N–H and O–H groups in total. The van der Waals surface area contributed by atoms with Gasteiger partial charge in [-0.25, -0.2) is 0 Å². The monoisotopic (exact) mass is 454 g/mol. The second-order valence-electron chi connectivity index (χ2n) is 6.65. The number of thioether (sulfide) groups is 1. The predicted molar refractivity (Wildman–Crippen MR) is 117 cm³/mol. The van der Waals surface area contributed by atoms with Crippen molar-refractivity contribution >= 4 is 31.2 Å². The maximum absolute atomic E-state index is 10.6. The van der Waals surface area contributed by atoms with E-state index in [1.807, 2.05) is 30.8 Å². The fraction of sp³-hybridized carbons (Fsp3) is 0.455. The Hall–Kier alpha value is -0.971. The Morgan fingerprint density at radius 1 is 1.04 bits per heavy atom. The minimum atomic E-state index is -0.487. The van der Waals surface area contributed by atoms with E-state index < -0.39 is 6.10 Å². The molecule has 0 fully saturated rings. The first-order valence-corrected chi connectivity index (χ1v) is 12.2. The predicted octanol–water partition coefficient (Wildman–Crippen LogP) is 4.31. The van der Waals surface area contributed by atoms with Crippen LogP contribution >= 0.6 is 11.8 Å². The molecular weight excluding hydrogens is 423 g/mol. The Morgan fingerprint density at radius 3 is 2.22 bits per heavy atom. The van der Waals surface area contributed by atoms with Crippen molar-refractivity contribution in [1.29, 1.82) is 0 Å². The van der Waals surface area contributed by atoms with Crippen LogP contribution in [-0.2, 0) is 4.74 Å². The standard InChI is InChI=1S/C22H30O3SSe/c1-14-10-12-17(13-11-14)20(25-5)21(15(2)23)27-22-18(16(3)26-6)8-7-9-19(22)24-4/h7-13,15-16,20-21,23H,1-6H3/t15-,16+,20-,21+/m1/s1. The van der Waals surface area contributed by atoms with E-state index >= 15 is 0 Å². The van der Waals surface area contributed by atoms with Crippen molar-refractivity contribution < 1.29 is 14.6 Å². The van der Waals surface area contributed by atoms with Crippen molar-refractivity contribution in [3.63, 3.8) is 0 Å². The van der Waals surface area contributed by atoms with Crippen LogP contribution in [0.5, 0.6) is 5.75 Å². The normalized spacial score (nSPS) is 15.8. The summed E-state index contributed by atoms with van der Waals surface area (Å²) in [4.78, 5) is -0.0192. The third-order valence-corrected chi connectivity index (χ3v) is 9.00. The second kappa shape index (κ2) is 10.5. The van der Waals surface area contributed by atoms with Crippen LogP contribution in [0.25, 0.3) is 0 Å². The summed E-state index contributed by atoms with van der Waals surface area (Å²) < 4.78 is 12.8. The molecule has 0 aliphatic heterocycles. The minimum absolute atomic E-state index is 0.0192. The molecule has 0 amide bonds. The summed E-state index contributed by atoms with van der Waals surface area (Å²) in [6, 6.07) is 14.6. The van der Waals surface area contributed by atoms with Gasteiger partial charge in [-0.3, -0.25) is 0 Å². The molecule has 0 saturated carbocycles. The molecule has 0 radical (unpaired) electrons. The first-order chi connectivity index (χ1) is 12.9. The van der Waals surface area contributed by atoms with Crippen LogP contribution in [0.1, 0.15) is 41.9 Å². The van der Waals surface area contributed by atoms with Crippen molar-refractivity contribution in [2.75, 3.05) is 20.5 Å². The summed E-state index contributed by atoms with van der Waals surface area (Å²) >= 11 is 1.80. The number of aryl methyl sites for hydroxylation is 1. The molecule has 27 heavy (non-hydrogen) atoms. The number of hydrogen-bond acceptors (Lipinski definition) is 4. The zero-order chi connectivity index (χ0) is 20.0. The molecule has 2 rings (SSSR count). The Balaban J connectivity index is 2.45. The van der Waals surface area contributed by atoms with Gasteiger partial charge >= 0.3 is 174 Å². The first kappa shape index (κ1) is 22.3. The fourth-order valence-electron chi connectivity index (χ4n) is 3.03. The van der Waals surface area contributed by atoms with Gasteiger partial charge in [0.25, 0.3) is 0 Å². The molecule has 0 aromatic heterocycles. The topological polar surface area (TPSA) is 38.7 Å². The van der Waals surface area contributed by atoms with Crippen LogP contribution in [0.4, 0.5) is 0 Å². The van der Waals surface area contributed by atoms with Crippen LogP contribution in [0, 0.1) is 6.92 Å². The molecule has 148 valence electrons. The SMILES string of the molecule is COc1cccc([C@H](C)SC)c1[Se][C@H]([C@H](OC)c1ccc(C)cc1)[C@@H](C)O. The van der Waals surface area contributed by atoms with Gasteiger partial charge < -0.3 is 0 Å². The molecule has 3 nitrogen and oxygen atoms in total. The molecule has 0 unspecified atom stereocenters. The zero-order valence-corrected chi connectivity index (χ0v) is 19.5. The van der Waals surface area contributed by atoms with E-state index in [1.165, 1.54) is 15.6 Å². The van der Waals surface area contributed by atoms with Gasteiger partial charge in [0, 0.05) is 0 Å². The summed E-state index contributed by atoms with van der Waals surface area (Å²) in [6.45, 7) is 6.15. The molecule has 0 aliphatic rings. The third-order valence-electron chi connectivity index (χ3n) is 4.71. The quantitative estimate of drug-likeness (QED) is 0.575. The van der Waals surface area contributed by atoms with Gasteiger partial charge in [-0.1, -0.05) is 0 Å². The number of aliphatic hydroxyl groups is 1. The van der Waals surface area contributed by atoms with E-state index in [-0.39, 0.29) is 25.9 Å². The molecule has 2 aromatic carbocycles. The molecule has 0 bridgehead atoms. The van der Waals surface area contributed by atoms with Crippen molar-refractivity contribution in [1.82, 2.24) is 0 Å². The molecule has 0 spiro atoms. The van der Waals surface area contributed by atoms with Gasteiger partial charge in [0.05, 0.1) is 0 Å². The third kappa shape index (κ3) is 5.52. The average Bonchev–Trinajstić information content (AvgIpc) is 2.68. The van der Waals surface area contributed by atoms with Crippen LogP contribution in [0.15, 0.2) is 42.5 Å². The molecule has 5 heteroatoms. The van der Waals surface area contributed by atoms with Crippen molar-refractivity contribution in [2.45, 2.75) is 43.0 Å². The maximum atomic E-state index is 10.6. The number of rotatable bonds is 9. The van der Waals surface area contributed by atoms with Crippen molar-refractivity contribution in [3.05, 3.63) is 59.2 Å². The van der Waals surface area contributed by atoms with E-state index in [1.54, 1.807) is 14.2 Å². The van der Waals surface area contributed by atoms with Crippen LogP contribution in [0.3, 0.4) is 0 Å². The zero-order valence-electron chi connectivity index (χ0n) is 16.9. The van der Waals surface area contributed by atoms with Crippen molar-refractivity contribution in [2.24, 2.45) is 0 Å². The van der Waals surface area contributed by atoms with Crippen LogP contribution in [0.2, 0.25) is 4.82 Å². The van der Waals surface area contributed by atoms with Gasteiger partial charge in [-0.05, 0) is 0 Å².